The van der Waals surface area contributed by atoms with Crippen LogP contribution in [0, 0.1) is 30.6 Å². The molecule has 0 aromatic rings. The molecule has 6 heteroatoms. The zero-order chi connectivity index (χ0) is 17.8. The number of hydrogen-bond donors (Lipinski definition) is 0. The number of esters is 3. The average Bonchev–Trinajstić information content (AvgIpc) is 3.19. The van der Waals surface area contributed by atoms with Crippen molar-refractivity contribution in [3.05, 3.63) is 6.92 Å². The van der Waals surface area contributed by atoms with Crippen molar-refractivity contribution < 1.29 is 28.6 Å². The molecule has 25 heavy (non-hydrogen) atoms. The molecule has 1 heterocycles. The third kappa shape index (κ3) is 2.56. The normalized spacial score (nSPS) is 40.6. The van der Waals surface area contributed by atoms with E-state index in [-0.39, 0.29) is 23.8 Å². The summed E-state index contributed by atoms with van der Waals surface area (Å²) in [4.78, 5) is 36.7. The molecule has 3 aliphatic carbocycles. The zero-order valence-corrected chi connectivity index (χ0v) is 14.6. The summed E-state index contributed by atoms with van der Waals surface area (Å²) in [6.45, 7) is 5.31. The van der Waals surface area contributed by atoms with E-state index in [2.05, 4.69) is 6.92 Å². The van der Waals surface area contributed by atoms with E-state index >= 15 is 0 Å². The highest BCUT2D eigenvalue weighted by atomic mass is 16.6. The first-order chi connectivity index (χ1) is 12.0. The Morgan fingerprint density at radius 1 is 1.24 bits per heavy atom. The number of carbonyl (C=O) groups is 3. The van der Waals surface area contributed by atoms with Crippen molar-refractivity contribution >= 4 is 17.9 Å². The van der Waals surface area contributed by atoms with Crippen LogP contribution in [0.15, 0.2) is 0 Å². The van der Waals surface area contributed by atoms with Crippen LogP contribution in [0.4, 0.5) is 0 Å². The Hall–Kier alpha value is -1.59. The molecule has 1 saturated heterocycles. The summed E-state index contributed by atoms with van der Waals surface area (Å²) in [7, 11) is 0. The van der Waals surface area contributed by atoms with E-state index in [1.165, 1.54) is 6.42 Å². The van der Waals surface area contributed by atoms with Crippen molar-refractivity contribution in [2.45, 2.75) is 69.7 Å². The molecule has 0 aromatic heterocycles. The van der Waals surface area contributed by atoms with Crippen molar-refractivity contribution in [1.82, 2.24) is 0 Å². The van der Waals surface area contributed by atoms with E-state index < -0.39 is 35.6 Å². The van der Waals surface area contributed by atoms with Crippen LogP contribution in [0.2, 0.25) is 0 Å². The highest BCUT2D eigenvalue weighted by Gasteiger charge is 2.70. The summed E-state index contributed by atoms with van der Waals surface area (Å²) in [5.74, 6) is -2.59. The summed E-state index contributed by atoms with van der Waals surface area (Å²) < 4.78 is 16.7. The maximum atomic E-state index is 13.0. The van der Waals surface area contributed by atoms with Gasteiger partial charge in [-0.15, -0.1) is 0 Å². The smallest absolute Gasteiger partial charge is 0.310 e. The van der Waals surface area contributed by atoms with Crippen LogP contribution in [-0.4, -0.2) is 35.7 Å². The number of fused-ring (bicyclic) bond motifs is 1. The van der Waals surface area contributed by atoms with Gasteiger partial charge in [0.15, 0.2) is 0 Å². The standard InChI is InChI=1S/C19H25O6/c1-3-19(7-5-4-6-8-19)25-18(22)14-12-9-11-13(14)17(21)24-16(11)15(12)23-10(2)20/h11-16H,2-9H2,1H3. The molecule has 6 nitrogen and oxygen atoms in total. The monoisotopic (exact) mass is 349 g/mol. The number of rotatable bonds is 4. The fourth-order valence-corrected chi connectivity index (χ4v) is 5.63. The minimum Gasteiger partial charge on any atom is -0.459 e. The van der Waals surface area contributed by atoms with Crippen LogP contribution < -0.4 is 0 Å². The Bertz CT molecular complexity index is 593. The lowest BCUT2D eigenvalue weighted by Crippen LogP contribution is -2.46. The molecule has 2 bridgehead atoms. The third-order valence-corrected chi connectivity index (χ3v) is 6.81. The maximum absolute atomic E-state index is 13.0. The van der Waals surface area contributed by atoms with Gasteiger partial charge in [0.05, 0.1) is 18.8 Å². The van der Waals surface area contributed by atoms with E-state index in [0.29, 0.717) is 6.42 Å². The van der Waals surface area contributed by atoms with E-state index in [1.807, 2.05) is 6.92 Å². The van der Waals surface area contributed by atoms with Gasteiger partial charge < -0.3 is 14.2 Å². The van der Waals surface area contributed by atoms with Crippen LogP contribution in [0.3, 0.4) is 0 Å². The largest absolute Gasteiger partial charge is 0.459 e. The van der Waals surface area contributed by atoms with Gasteiger partial charge in [0.2, 0.25) is 0 Å². The second-order valence-electron chi connectivity index (χ2n) is 7.99. The molecule has 0 aromatic carbocycles. The van der Waals surface area contributed by atoms with E-state index in [9.17, 15) is 14.4 Å². The summed E-state index contributed by atoms with van der Waals surface area (Å²) in [5, 5.41) is 0. The summed E-state index contributed by atoms with van der Waals surface area (Å²) in [6, 6.07) is 0. The topological polar surface area (TPSA) is 78.9 Å². The van der Waals surface area contributed by atoms with Crippen molar-refractivity contribution in [2.75, 3.05) is 0 Å². The molecule has 0 amide bonds. The van der Waals surface area contributed by atoms with Crippen LogP contribution in [0.5, 0.6) is 0 Å². The molecule has 6 unspecified atom stereocenters. The number of ether oxygens (including phenoxy) is 3. The zero-order valence-electron chi connectivity index (χ0n) is 14.6. The molecule has 4 fully saturated rings. The van der Waals surface area contributed by atoms with Crippen LogP contribution >= 0.6 is 0 Å². The van der Waals surface area contributed by atoms with Crippen molar-refractivity contribution in [3.8, 4) is 0 Å². The number of hydrogen-bond acceptors (Lipinski definition) is 6. The first kappa shape index (κ1) is 16.9. The van der Waals surface area contributed by atoms with Crippen LogP contribution in [-0.2, 0) is 28.6 Å². The van der Waals surface area contributed by atoms with Gasteiger partial charge in [-0.25, -0.2) is 0 Å². The van der Waals surface area contributed by atoms with Gasteiger partial charge in [0.25, 0.3) is 0 Å². The van der Waals surface area contributed by atoms with Gasteiger partial charge in [0.1, 0.15) is 17.8 Å². The molecule has 3 saturated carbocycles. The fourth-order valence-electron chi connectivity index (χ4n) is 5.63. The van der Waals surface area contributed by atoms with Gasteiger partial charge >= 0.3 is 17.9 Å². The van der Waals surface area contributed by atoms with Gasteiger partial charge in [-0.2, -0.15) is 0 Å². The highest BCUT2D eigenvalue weighted by molar-refractivity contribution is 5.86. The van der Waals surface area contributed by atoms with Crippen LogP contribution in [0.25, 0.3) is 0 Å². The third-order valence-electron chi connectivity index (χ3n) is 6.81. The predicted octanol–water partition coefficient (Wildman–Crippen LogP) is 2.20. The van der Waals surface area contributed by atoms with Crippen molar-refractivity contribution in [2.24, 2.45) is 23.7 Å². The summed E-state index contributed by atoms with van der Waals surface area (Å²) in [5.41, 5.74) is -0.405. The van der Waals surface area contributed by atoms with Crippen molar-refractivity contribution in [3.63, 3.8) is 0 Å². The Kier molecular flexibility index (Phi) is 4.04. The second kappa shape index (κ2) is 5.99. The Morgan fingerprint density at radius 3 is 2.60 bits per heavy atom. The van der Waals surface area contributed by atoms with E-state index in [1.54, 1.807) is 0 Å². The van der Waals surface area contributed by atoms with Gasteiger partial charge in [-0.05, 0) is 38.5 Å². The average molecular weight is 349 g/mol. The highest BCUT2D eigenvalue weighted by Crippen LogP contribution is 2.59. The first-order valence-corrected chi connectivity index (χ1v) is 9.42. The minimum absolute atomic E-state index is 0.0525. The fraction of sp³-hybridized carbons (Fsp3) is 0.789. The minimum atomic E-state index is -0.651. The van der Waals surface area contributed by atoms with Crippen molar-refractivity contribution in [1.29, 1.82) is 0 Å². The molecule has 1 aliphatic heterocycles. The van der Waals surface area contributed by atoms with Gasteiger partial charge in [0, 0.05) is 11.8 Å². The Balaban J connectivity index is 1.56. The predicted molar refractivity (Wildman–Crippen MR) is 85.9 cm³/mol. The first-order valence-electron chi connectivity index (χ1n) is 9.42. The molecule has 1 radical (unpaired) electrons. The lowest BCUT2D eigenvalue weighted by molar-refractivity contribution is -0.177. The van der Waals surface area contributed by atoms with Gasteiger partial charge in [-0.1, -0.05) is 13.3 Å². The molecule has 0 spiro atoms. The van der Waals surface area contributed by atoms with Crippen LogP contribution in [0.1, 0.15) is 51.9 Å². The van der Waals surface area contributed by atoms with E-state index in [4.69, 9.17) is 14.2 Å². The maximum Gasteiger partial charge on any atom is 0.310 e. The Morgan fingerprint density at radius 2 is 1.96 bits per heavy atom. The van der Waals surface area contributed by atoms with Gasteiger partial charge in [-0.3, -0.25) is 14.4 Å². The SMILES string of the molecule is [CH2]C(=O)OC1C2CC3C1OC(=O)C3C2C(=O)OC1(CC)CCCCC1. The summed E-state index contributed by atoms with van der Waals surface area (Å²) >= 11 is 0. The molecular weight excluding hydrogens is 324 g/mol. The number of carbonyl (C=O) groups excluding carboxylic acids is 3. The lowest BCUT2D eigenvalue weighted by atomic mass is 9.77. The molecule has 4 rings (SSSR count). The summed E-state index contributed by atoms with van der Waals surface area (Å²) in [6.07, 6.45) is 5.51. The lowest BCUT2D eigenvalue weighted by Gasteiger charge is -2.38. The second-order valence-corrected chi connectivity index (χ2v) is 7.99. The molecule has 137 valence electrons. The molecule has 0 N–H and O–H groups in total. The Labute approximate surface area is 147 Å². The quantitative estimate of drug-likeness (QED) is 0.572. The van der Waals surface area contributed by atoms with E-state index in [0.717, 1.165) is 32.1 Å². The molecule has 4 aliphatic rings. The molecular formula is C19H25O6. The molecule has 6 atom stereocenters.